The Bertz CT molecular complexity index is 832. The second kappa shape index (κ2) is 5.72. The predicted octanol–water partition coefficient (Wildman–Crippen LogP) is 3.67. The van der Waals surface area contributed by atoms with Gasteiger partial charge in [0.1, 0.15) is 17.3 Å². The minimum Gasteiger partial charge on any atom is -0.457 e. The van der Waals surface area contributed by atoms with Gasteiger partial charge in [-0.25, -0.2) is 14.2 Å². The van der Waals surface area contributed by atoms with Crippen LogP contribution in [0.15, 0.2) is 42.5 Å². The molecule has 0 unspecified atom stereocenters. The summed E-state index contributed by atoms with van der Waals surface area (Å²) in [5.74, 6) is 0.796. The summed E-state index contributed by atoms with van der Waals surface area (Å²) >= 11 is 0. The van der Waals surface area contributed by atoms with E-state index in [1.807, 2.05) is 0 Å². The monoisotopic (exact) mass is 301 g/mol. The van der Waals surface area contributed by atoms with Crippen LogP contribution >= 0.6 is 0 Å². The smallest absolute Gasteiger partial charge is 0.413 e. The number of benzene rings is 2. The van der Waals surface area contributed by atoms with Gasteiger partial charge in [0.15, 0.2) is 0 Å². The van der Waals surface area contributed by atoms with Crippen LogP contribution in [0, 0.1) is 5.82 Å². The Kier molecular flexibility index (Phi) is 3.61. The molecule has 0 fully saturated rings. The molecule has 3 rings (SSSR count). The molecular formula is C15H12FN3O3. The maximum atomic E-state index is 13.1. The van der Waals surface area contributed by atoms with Crippen LogP contribution in [0.3, 0.4) is 0 Å². The van der Waals surface area contributed by atoms with Crippen LogP contribution in [0.4, 0.5) is 15.1 Å². The van der Waals surface area contributed by atoms with Gasteiger partial charge in [0.25, 0.3) is 0 Å². The lowest BCUT2D eigenvalue weighted by Gasteiger charge is -2.05. The molecule has 3 aromatic rings. The number of H-pyrrole nitrogens is 1. The van der Waals surface area contributed by atoms with Gasteiger partial charge in [-0.3, -0.25) is 5.32 Å². The fourth-order valence-electron chi connectivity index (χ4n) is 1.92. The second-order valence-corrected chi connectivity index (χ2v) is 4.44. The number of halogens is 1. The zero-order chi connectivity index (χ0) is 15.5. The summed E-state index contributed by atoms with van der Waals surface area (Å²) in [6.07, 6.45) is -0.615. The first kappa shape index (κ1) is 13.9. The molecule has 1 heterocycles. The molecule has 7 heteroatoms. The van der Waals surface area contributed by atoms with Gasteiger partial charge in [0.2, 0.25) is 5.95 Å². The van der Waals surface area contributed by atoms with E-state index in [1.54, 1.807) is 30.3 Å². The van der Waals surface area contributed by atoms with E-state index in [9.17, 15) is 9.18 Å². The van der Waals surface area contributed by atoms with E-state index in [4.69, 9.17) is 4.74 Å². The van der Waals surface area contributed by atoms with E-state index in [1.165, 1.54) is 19.2 Å². The molecule has 0 radical (unpaired) electrons. The third-order valence-electron chi connectivity index (χ3n) is 2.89. The number of ether oxygens (including phenoxy) is 2. The molecule has 0 aliphatic carbocycles. The maximum Gasteiger partial charge on any atom is 0.413 e. The Labute approximate surface area is 124 Å². The fraction of sp³-hybridized carbons (Fsp3) is 0.0667. The standard InChI is InChI=1S/C15H12FN3O3/c1-21-15(20)19-14-17-12-6-5-11(8-13(12)18-14)22-10-4-2-3-9(16)7-10/h2-8H,1H3,(H2,17,18,19,20). The average Bonchev–Trinajstić information content (AvgIpc) is 2.88. The third kappa shape index (κ3) is 2.98. The normalized spacial score (nSPS) is 10.5. The van der Waals surface area contributed by atoms with E-state index < -0.39 is 6.09 Å². The topological polar surface area (TPSA) is 76.2 Å². The van der Waals surface area contributed by atoms with Crippen molar-refractivity contribution >= 4 is 23.1 Å². The Morgan fingerprint density at radius 1 is 1.23 bits per heavy atom. The summed E-state index contributed by atoms with van der Waals surface area (Å²) in [6, 6.07) is 11.0. The number of nitrogens with zero attached hydrogens (tertiary/aromatic N) is 1. The number of nitrogens with one attached hydrogen (secondary N) is 2. The average molecular weight is 301 g/mol. The van der Waals surface area contributed by atoms with Gasteiger partial charge in [0, 0.05) is 12.1 Å². The summed E-state index contributed by atoms with van der Waals surface area (Å²) < 4.78 is 23.2. The van der Waals surface area contributed by atoms with Gasteiger partial charge in [-0.2, -0.15) is 0 Å². The zero-order valence-electron chi connectivity index (χ0n) is 11.6. The largest absolute Gasteiger partial charge is 0.457 e. The number of methoxy groups -OCH3 is 1. The van der Waals surface area contributed by atoms with Crippen molar-refractivity contribution in [3.8, 4) is 11.5 Å². The molecule has 1 amide bonds. The first-order valence-electron chi connectivity index (χ1n) is 6.42. The lowest BCUT2D eigenvalue weighted by Crippen LogP contribution is -2.11. The van der Waals surface area contributed by atoms with Crippen LogP contribution in [0.25, 0.3) is 11.0 Å². The van der Waals surface area contributed by atoms with Crippen LogP contribution in [-0.4, -0.2) is 23.2 Å². The minimum absolute atomic E-state index is 0.268. The summed E-state index contributed by atoms with van der Waals surface area (Å²) in [5.41, 5.74) is 1.32. The minimum atomic E-state index is -0.615. The molecule has 0 aliphatic heterocycles. The molecule has 112 valence electrons. The van der Waals surface area contributed by atoms with Gasteiger partial charge in [-0.15, -0.1) is 0 Å². The zero-order valence-corrected chi connectivity index (χ0v) is 11.6. The Hall–Kier alpha value is -3.09. The van der Waals surface area contributed by atoms with Crippen molar-refractivity contribution in [1.29, 1.82) is 0 Å². The summed E-state index contributed by atoms with van der Waals surface area (Å²) in [7, 11) is 1.27. The molecule has 0 saturated heterocycles. The molecule has 1 aromatic heterocycles. The highest BCUT2D eigenvalue weighted by Gasteiger charge is 2.08. The lowest BCUT2D eigenvalue weighted by molar-refractivity contribution is 0.186. The van der Waals surface area contributed by atoms with Crippen molar-refractivity contribution in [2.24, 2.45) is 0 Å². The molecule has 0 aliphatic rings. The quantitative estimate of drug-likeness (QED) is 0.774. The van der Waals surface area contributed by atoms with Gasteiger partial charge >= 0.3 is 6.09 Å². The lowest BCUT2D eigenvalue weighted by atomic mass is 10.3. The third-order valence-corrected chi connectivity index (χ3v) is 2.89. The van der Waals surface area contributed by atoms with E-state index in [-0.39, 0.29) is 11.8 Å². The number of fused-ring (bicyclic) bond motifs is 1. The molecule has 2 N–H and O–H groups in total. The fourth-order valence-corrected chi connectivity index (χ4v) is 1.92. The molecule has 0 atom stereocenters. The number of carbonyl (C=O) groups is 1. The molecule has 2 aromatic carbocycles. The van der Waals surface area contributed by atoms with Gasteiger partial charge < -0.3 is 14.5 Å². The highest BCUT2D eigenvalue weighted by molar-refractivity contribution is 5.86. The van der Waals surface area contributed by atoms with Crippen molar-refractivity contribution in [2.75, 3.05) is 12.4 Å². The molecule has 0 spiro atoms. The van der Waals surface area contributed by atoms with Crippen molar-refractivity contribution in [1.82, 2.24) is 9.97 Å². The first-order valence-corrected chi connectivity index (χ1v) is 6.42. The van der Waals surface area contributed by atoms with Crippen LogP contribution in [0.2, 0.25) is 0 Å². The summed E-state index contributed by atoms with van der Waals surface area (Å²) in [4.78, 5) is 18.3. The number of aromatic amines is 1. The SMILES string of the molecule is COC(=O)Nc1nc2cc(Oc3cccc(F)c3)ccc2[nH]1. The van der Waals surface area contributed by atoms with E-state index in [0.717, 1.165) is 5.52 Å². The molecule has 0 bridgehead atoms. The Morgan fingerprint density at radius 3 is 2.82 bits per heavy atom. The van der Waals surface area contributed by atoms with Crippen molar-refractivity contribution in [3.63, 3.8) is 0 Å². The molecular weight excluding hydrogens is 289 g/mol. The Morgan fingerprint density at radius 2 is 2.05 bits per heavy atom. The Balaban J connectivity index is 1.84. The number of hydrogen-bond acceptors (Lipinski definition) is 4. The summed E-state index contributed by atoms with van der Waals surface area (Å²) in [5, 5.41) is 2.44. The number of imidazole rings is 1. The van der Waals surface area contributed by atoms with Crippen LogP contribution in [0.1, 0.15) is 0 Å². The number of rotatable bonds is 3. The number of aromatic nitrogens is 2. The molecule has 6 nitrogen and oxygen atoms in total. The van der Waals surface area contributed by atoms with Crippen molar-refractivity contribution in [2.45, 2.75) is 0 Å². The molecule has 22 heavy (non-hydrogen) atoms. The number of amides is 1. The van der Waals surface area contributed by atoms with Crippen molar-refractivity contribution < 1.29 is 18.7 Å². The summed E-state index contributed by atoms with van der Waals surface area (Å²) in [6.45, 7) is 0. The first-order chi connectivity index (χ1) is 10.6. The number of anilines is 1. The van der Waals surface area contributed by atoms with E-state index in [2.05, 4.69) is 20.0 Å². The predicted molar refractivity (Wildman–Crippen MR) is 78.6 cm³/mol. The van der Waals surface area contributed by atoms with Crippen molar-refractivity contribution in [3.05, 3.63) is 48.3 Å². The van der Waals surface area contributed by atoms with Crippen LogP contribution in [0.5, 0.6) is 11.5 Å². The molecule has 0 saturated carbocycles. The number of hydrogen-bond donors (Lipinski definition) is 2. The van der Waals surface area contributed by atoms with Gasteiger partial charge in [-0.1, -0.05) is 6.07 Å². The highest BCUT2D eigenvalue weighted by atomic mass is 19.1. The number of carbonyl (C=O) groups excluding carboxylic acids is 1. The van der Waals surface area contributed by atoms with Crippen LogP contribution in [-0.2, 0) is 4.74 Å². The van der Waals surface area contributed by atoms with E-state index >= 15 is 0 Å². The van der Waals surface area contributed by atoms with Gasteiger partial charge in [-0.05, 0) is 24.3 Å². The maximum absolute atomic E-state index is 13.1. The highest BCUT2D eigenvalue weighted by Crippen LogP contribution is 2.25. The second-order valence-electron chi connectivity index (χ2n) is 4.44. The van der Waals surface area contributed by atoms with E-state index in [0.29, 0.717) is 17.0 Å². The van der Waals surface area contributed by atoms with Crippen LogP contribution < -0.4 is 10.1 Å². The van der Waals surface area contributed by atoms with Gasteiger partial charge in [0.05, 0.1) is 18.1 Å².